The van der Waals surface area contributed by atoms with Gasteiger partial charge in [0.1, 0.15) is 0 Å². The van der Waals surface area contributed by atoms with Crippen LogP contribution in [0.4, 0.5) is 0 Å². The number of hydrogen-bond donors (Lipinski definition) is 3. The van der Waals surface area contributed by atoms with Crippen LogP contribution in [0.2, 0.25) is 0 Å². The Morgan fingerprint density at radius 2 is 2.07 bits per heavy atom. The van der Waals surface area contributed by atoms with Crippen LogP contribution in [0.3, 0.4) is 0 Å². The van der Waals surface area contributed by atoms with E-state index in [1.165, 1.54) is 6.21 Å². The van der Waals surface area contributed by atoms with Crippen molar-refractivity contribution in [3.05, 3.63) is 35.4 Å². The molecule has 14 heavy (non-hydrogen) atoms. The highest BCUT2D eigenvalue weighted by Crippen LogP contribution is 2.01. The van der Waals surface area contributed by atoms with Gasteiger partial charge in [0, 0.05) is 12.6 Å². The van der Waals surface area contributed by atoms with Gasteiger partial charge in [-0.2, -0.15) is 10.7 Å². The second-order valence-electron chi connectivity index (χ2n) is 2.56. The maximum Gasteiger partial charge on any atom is 0.251 e. The summed E-state index contributed by atoms with van der Waals surface area (Å²) in [4.78, 5) is 11.1. The van der Waals surface area contributed by atoms with Gasteiger partial charge in [-0.3, -0.25) is 10.0 Å². The molecule has 0 fully saturated rings. The van der Waals surface area contributed by atoms with Crippen molar-refractivity contribution in [3.63, 3.8) is 0 Å². The first-order chi connectivity index (χ1) is 6.77. The molecule has 0 saturated carbocycles. The smallest absolute Gasteiger partial charge is 0.251 e. The Morgan fingerprint density at radius 1 is 1.43 bits per heavy atom. The molecule has 0 aliphatic heterocycles. The molecule has 0 aliphatic carbocycles. The molecular formula is C9H11N3O2. The van der Waals surface area contributed by atoms with E-state index in [1.807, 2.05) is 0 Å². The van der Waals surface area contributed by atoms with Crippen molar-refractivity contribution in [2.45, 2.75) is 0 Å². The first-order valence-corrected chi connectivity index (χ1v) is 4.02. The minimum absolute atomic E-state index is 0.131. The van der Waals surface area contributed by atoms with Crippen LogP contribution in [-0.2, 0) is 0 Å². The Morgan fingerprint density at radius 3 is 2.57 bits per heavy atom. The van der Waals surface area contributed by atoms with Crippen LogP contribution in [-0.4, -0.2) is 24.4 Å². The molecule has 0 radical (unpaired) electrons. The minimum atomic E-state index is -0.131. The summed E-state index contributed by atoms with van der Waals surface area (Å²) in [5, 5.41) is 14.1. The Labute approximate surface area is 81.4 Å². The third-order valence-corrected chi connectivity index (χ3v) is 1.67. The summed E-state index contributed by atoms with van der Waals surface area (Å²) in [6, 6.07) is 6.81. The van der Waals surface area contributed by atoms with Gasteiger partial charge in [0.05, 0.1) is 6.21 Å². The fraction of sp³-hybridized carbons (Fsp3) is 0.111. The van der Waals surface area contributed by atoms with Crippen molar-refractivity contribution in [2.75, 3.05) is 7.05 Å². The number of hydrogen-bond acceptors (Lipinski definition) is 4. The highest BCUT2D eigenvalue weighted by molar-refractivity contribution is 5.94. The van der Waals surface area contributed by atoms with E-state index in [9.17, 15) is 4.79 Å². The largest absolute Gasteiger partial charge is 0.355 e. The van der Waals surface area contributed by atoms with Gasteiger partial charge < -0.3 is 5.32 Å². The molecule has 0 heterocycles. The first kappa shape index (κ1) is 10.2. The molecule has 0 spiro atoms. The lowest BCUT2D eigenvalue weighted by Crippen LogP contribution is -2.17. The maximum atomic E-state index is 11.1. The van der Waals surface area contributed by atoms with E-state index in [0.29, 0.717) is 5.56 Å². The van der Waals surface area contributed by atoms with Crippen LogP contribution in [0.15, 0.2) is 29.4 Å². The predicted octanol–water partition coefficient (Wildman–Crippen LogP) is 0.359. The van der Waals surface area contributed by atoms with Gasteiger partial charge >= 0.3 is 0 Å². The van der Waals surface area contributed by atoms with E-state index in [-0.39, 0.29) is 5.91 Å². The van der Waals surface area contributed by atoms with Gasteiger partial charge in [-0.1, -0.05) is 12.1 Å². The summed E-state index contributed by atoms with van der Waals surface area (Å²) in [6.07, 6.45) is 1.44. The van der Waals surface area contributed by atoms with Crippen LogP contribution in [0.25, 0.3) is 0 Å². The highest BCUT2D eigenvalue weighted by Gasteiger charge is 2.00. The third kappa shape index (κ3) is 2.56. The van der Waals surface area contributed by atoms with Crippen LogP contribution in [0.5, 0.6) is 0 Å². The maximum absolute atomic E-state index is 11.1. The molecule has 1 rings (SSSR count). The van der Waals surface area contributed by atoms with Gasteiger partial charge in [0.2, 0.25) is 0 Å². The summed E-state index contributed by atoms with van der Waals surface area (Å²) in [7, 11) is 1.58. The molecule has 74 valence electrons. The Bertz CT molecular complexity index is 332. The van der Waals surface area contributed by atoms with Crippen molar-refractivity contribution in [2.24, 2.45) is 5.10 Å². The molecule has 0 aliphatic rings. The number of rotatable bonds is 3. The fourth-order valence-electron chi connectivity index (χ4n) is 0.968. The van der Waals surface area contributed by atoms with E-state index < -0.39 is 0 Å². The van der Waals surface area contributed by atoms with Gasteiger partial charge in [-0.15, -0.1) is 0 Å². The topological polar surface area (TPSA) is 73.7 Å². The Kier molecular flexibility index (Phi) is 3.63. The van der Waals surface area contributed by atoms with E-state index in [1.54, 1.807) is 36.9 Å². The number of benzene rings is 1. The van der Waals surface area contributed by atoms with Crippen LogP contribution >= 0.6 is 0 Å². The lowest BCUT2D eigenvalue weighted by molar-refractivity contribution is 0.0963. The number of hydrazone groups is 1. The summed E-state index contributed by atoms with van der Waals surface area (Å²) in [6.45, 7) is 0. The van der Waals surface area contributed by atoms with Gasteiger partial charge in [0.15, 0.2) is 0 Å². The van der Waals surface area contributed by atoms with Gasteiger partial charge in [0.25, 0.3) is 5.91 Å². The molecule has 0 aromatic heterocycles. The molecule has 0 atom stereocenters. The van der Waals surface area contributed by atoms with Crippen molar-refractivity contribution in [1.82, 2.24) is 10.9 Å². The molecule has 5 heteroatoms. The molecular weight excluding hydrogens is 182 g/mol. The molecule has 0 bridgehead atoms. The lowest BCUT2D eigenvalue weighted by atomic mass is 10.1. The average molecular weight is 193 g/mol. The van der Waals surface area contributed by atoms with Crippen LogP contribution < -0.4 is 10.9 Å². The fourth-order valence-corrected chi connectivity index (χ4v) is 0.968. The Balaban J connectivity index is 2.78. The van der Waals surface area contributed by atoms with Crippen molar-refractivity contribution in [1.29, 1.82) is 0 Å². The van der Waals surface area contributed by atoms with Gasteiger partial charge in [-0.25, -0.2) is 0 Å². The normalized spacial score (nSPS) is 10.1. The van der Waals surface area contributed by atoms with Gasteiger partial charge in [-0.05, 0) is 17.7 Å². The van der Waals surface area contributed by atoms with E-state index >= 15 is 0 Å². The number of nitrogens with one attached hydrogen (secondary N) is 2. The SMILES string of the molecule is CNC(=O)c1ccc(/C=N/NO)cc1. The summed E-state index contributed by atoms with van der Waals surface area (Å²) >= 11 is 0. The summed E-state index contributed by atoms with van der Waals surface area (Å²) in [5.41, 5.74) is 3.03. The standard InChI is InChI=1S/C9H11N3O2/c1-10-9(13)8-4-2-7(3-5-8)6-11-12-14/h2-6,12,14H,1H3,(H,10,13)/b11-6+. The van der Waals surface area contributed by atoms with E-state index in [2.05, 4.69) is 10.4 Å². The van der Waals surface area contributed by atoms with E-state index in [4.69, 9.17) is 5.21 Å². The molecule has 1 amide bonds. The van der Waals surface area contributed by atoms with Crippen LogP contribution in [0, 0.1) is 0 Å². The second-order valence-corrected chi connectivity index (χ2v) is 2.56. The van der Waals surface area contributed by atoms with E-state index in [0.717, 1.165) is 5.56 Å². The summed E-state index contributed by atoms with van der Waals surface area (Å²) in [5.74, 6) is -0.131. The minimum Gasteiger partial charge on any atom is -0.355 e. The Hall–Kier alpha value is -1.88. The zero-order chi connectivity index (χ0) is 10.4. The lowest BCUT2D eigenvalue weighted by Gasteiger charge is -1.99. The van der Waals surface area contributed by atoms with Crippen molar-refractivity contribution in [3.8, 4) is 0 Å². The molecule has 1 aromatic rings. The average Bonchev–Trinajstić information content (AvgIpc) is 2.26. The predicted molar refractivity (Wildman–Crippen MR) is 52.3 cm³/mol. The monoisotopic (exact) mass is 193 g/mol. The molecule has 5 nitrogen and oxygen atoms in total. The molecule has 1 aromatic carbocycles. The summed E-state index contributed by atoms with van der Waals surface area (Å²) < 4.78 is 0. The number of carbonyl (C=O) groups excluding carboxylic acids is 1. The zero-order valence-corrected chi connectivity index (χ0v) is 7.69. The number of nitrogens with zero attached hydrogens (tertiary/aromatic N) is 1. The number of amides is 1. The second kappa shape index (κ2) is 4.98. The molecule has 0 unspecified atom stereocenters. The molecule has 0 saturated heterocycles. The zero-order valence-electron chi connectivity index (χ0n) is 7.69. The highest BCUT2D eigenvalue weighted by atomic mass is 16.5. The van der Waals surface area contributed by atoms with Crippen molar-refractivity contribution < 1.29 is 10.0 Å². The third-order valence-electron chi connectivity index (χ3n) is 1.67. The first-order valence-electron chi connectivity index (χ1n) is 4.02. The van der Waals surface area contributed by atoms with Crippen LogP contribution in [0.1, 0.15) is 15.9 Å². The number of carbonyl (C=O) groups is 1. The van der Waals surface area contributed by atoms with Crippen molar-refractivity contribution >= 4 is 12.1 Å². The molecule has 3 N–H and O–H groups in total. The quantitative estimate of drug-likeness (QED) is 0.479.